The van der Waals surface area contributed by atoms with E-state index in [1.54, 1.807) is 12.1 Å². The Labute approximate surface area is 109 Å². The van der Waals surface area contributed by atoms with Gasteiger partial charge >= 0.3 is 0 Å². The Morgan fingerprint density at radius 3 is 2.39 bits per heavy atom. The first-order valence-electron chi connectivity index (χ1n) is 6.80. The normalized spacial score (nSPS) is 17.8. The number of halogens is 1. The van der Waals surface area contributed by atoms with Crippen LogP contribution >= 0.6 is 0 Å². The van der Waals surface area contributed by atoms with Crippen LogP contribution in [0.15, 0.2) is 42.5 Å². The van der Waals surface area contributed by atoms with Crippen molar-refractivity contribution in [1.82, 2.24) is 0 Å². The molecule has 1 saturated carbocycles. The molecular weight excluding hydrogens is 223 g/mol. The molecule has 0 unspecified atom stereocenters. The van der Waals surface area contributed by atoms with Crippen molar-refractivity contribution >= 4 is 5.57 Å². The minimum absolute atomic E-state index is 0.195. The second kappa shape index (κ2) is 5.99. The summed E-state index contributed by atoms with van der Waals surface area (Å²) < 4.78 is 12.9. The Kier molecular flexibility index (Phi) is 4.35. The van der Waals surface area contributed by atoms with Gasteiger partial charge in [-0.3, -0.25) is 0 Å². The molecule has 18 heavy (non-hydrogen) atoms. The molecule has 0 bridgehead atoms. The van der Waals surface area contributed by atoms with E-state index in [0.29, 0.717) is 0 Å². The summed E-state index contributed by atoms with van der Waals surface area (Å²) in [7, 11) is 0. The molecule has 2 rings (SSSR count). The van der Waals surface area contributed by atoms with Gasteiger partial charge in [-0.25, -0.2) is 4.39 Å². The standard InChI is InChI=1S/C17H21F/c1-13(15-6-4-3-5-7-15)12-14(2)16-8-10-17(18)11-9-16/h8-12,15H,2-7H2,1H3/b13-12+. The fraction of sp³-hybridized carbons (Fsp3) is 0.412. The van der Waals surface area contributed by atoms with Gasteiger partial charge in [0, 0.05) is 0 Å². The van der Waals surface area contributed by atoms with E-state index in [2.05, 4.69) is 19.6 Å². The average Bonchev–Trinajstić information content (AvgIpc) is 2.40. The van der Waals surface area contributed by atoms with Gasteiger partial charge in [-0.1, -0.05) is 49.6 Å². The van der Waals surface area contributed by atoms with Gasteiger partial charge in [-0.2, -0.15) is 0 Å². The van der Waals surface area contributed by atoms with Crippen LogP contribution in [-0.4, -0.2) is 0 Å². The molecule has 0 nitrogen and oxygen atoms in total. The van der Waals surface area contributed by atoms with Crippen LogP contribution in [0.1, 0.15) is 44.6 Å². The molecule has 0 atom stereocenters. The summed E-state index contributed by atoms with van der Waals surface area (Å²) in [6.45, 7) is 6.29. The summed E-state index contributed by atoms with van der Waals surface area (Å²) in [5.74, 6) is 0.524. The highest BCUT2D eigenvalue weighted by Gasteiger charge is 2.14. The zero-order chi connectivity index (χ0) is 13.0. The average molecular weight is 244 g/mol. The van der Waals surface area contributed by atoms with Gasteiger partial charge in [0.1, 0.15) is 5.82 Å². The number of hydrogen-bond donors (Lipinski definition) is 0. The van der Waals surface area contributed by atoms with Gasteiger partial charge in [0.25, 0.3) is 0 Å². The molecule has 0 aliphatic heterocycles. The number of allylic oxidation sites excluding steroid dienone is 3. The maximum Gasteiger partial charge on any atom is 0.123 e. The van der Waals surface area contributed by atoms with E-state index in [-0.39, 0.29) is 5.82 Å². The Morgan fingerprint density at radius 1 is 1.17 bits per heavy atom. The highest BCUT2D eigenvalue weighted by atomic mass is 19.1. The molecule has 1 aromatic rings. The highest BCUT2D eigenvalue weighted by molar-refractivity contribution is 5.72. The molecule has 0 N–H and O–H groups in total. The maximum absolute atomic E-state index is 12.9. The fourth-order valence-electron chi connectivity index (χ4n) is 2.70. The zero-order valence-corrected chi connectivity index (χ0v) is 11.1. The monoisotopic (exact) mass is 244 g/mol. The molecule has 0 spiro atoms. The number of rotatable bonds is 3. The van der Waals surface area contributed by atoms with Crippen molar-refractivity contribution in [1.29, 1.82) is 0 Å². The number of hydrogen-bond acceptors (Lipinski definition) is 0. The molecule has 1 fully saturated rings. The summed E-state index contributed by atoms with van der Waals surface area (Å²) in [6, 6.07) is 6.57. The molecule has 1 aromatic carbocycles. The van der Waals surface area contributed by atoms with Crippen molar-refractivity contribution < 1.29 is 4.39 Å². The molecule has 0 aromatic heterocycles. The molecule has 0 saturated heterocycles. The summed E-state index contributed by atoms with van der Waals surface area (Å²) in [6.07, 6.45) is 8.85. The lowest BCUT2D eigenvalue weighted by Crippen LogP contribution is -2.07. The van der Waals surface area contributed by atoms with E-state index in [1.165, 1.54) is 49.8 Å². The first-order chi connectivity index (χ1) is 8.66. The van der Waals surface area contributed by atoms with Crippen molar-refractivity contribution in [2.24, 2.45) is 5.92 Å². The van der Waals surface area contributed by atoms with Crippen molar-refractivity contribution in [3.8, 4) is 0 Å². The van der Waals surface area contributed by atoms with Crippen molar-refractivity contribution in [2.45, 2.75) is 39.0 Å². The van der Waals surface area contributed by atoms with Crippen molar-refractivity contribution in [2.75, 3.05) is 0 Å². The SMILES string of the molecule is C=C(/C=C(\C)C1CCCCC1)c1ccc(F)cc1. The molecule has 1 heteroatoms. The fourth-order valence-corrected chi connectivity index (χ4v) is 2.70. The molecule has 1 aliphatic rings. The van der Waals surface area contributed by atoms with Gasteiger partial charge in [-0.15, -0.1) is 0 Å². The zero-order valence-electron chi connectivity index (χ0n) is 11.1. The lowest BCUT2D eigenvalue weighted by molar-refractivity contribution is 0.403. The third kappa shape index (κ3) is 3.32. The van der Waals surface area contributed by atoms with Gasteiger partial charge < -0.3 is 0 Å². The van der Waals surface area contributed by atoms with E-state index in [0.717, 1.165) is 17.1 Å². The third-order valence-electron chi connectivity index (χ3n) is 3.87. The first kappa shape index (κ1) is 13.1. The topological polar surface area (TPSA) is 0 Å². The predicted octanol–water partition coefficient (Wildman–Crippen LogP) is 5.37. The van der Waals surface area contributed by atoms with Crippen LogP contribution < -0.4 is 0 Å². The predicted molar refractivity (Wildman–Crippen MR) is 75.8 cm³/mol. The van der Waals surface area contributed by atoms with Crippen LogP contribution in [-0.2, 0) is 0 Å². The lowest BCUT2D eigenvalue weighted by Gasteiger charge is -2.22. The Balaban J connectivity index is 2.06. The molecule has 0 heterocycles. The van der Waals surface area contributed by atoms with E-state index in [1.807, 2.05) is 0 Å². The molecule has 1 aliphatic carbocycles. The minimum Gasteiger partial charge on any atom is -0.207 e. The largest absolute Gasteiger partial charge is 0.207 e. The van der Waals surface area contributed by atoms with Crippen molar-refractivity contribution in [3.63, 3.8) is 0 Å². The molecular formula is C17H21F. The van der Waals surface area contributed by atoms with E-state index >= 15 is 0 Å². The maximum atomic E-state index is 12.9. The van der Waals surface area contributed by atoms with Crippen LogP contribution in [0.3, 0.4) is 0 Å². The third-order valence-corrected chi connectivity index (χ3v) is 3.87. The van der Waals surface area contributed by atoms with E-state index < -0.39 is 0 Å². The molecule has 0 amide bonds. The Morgan fingerprint density at radius 2 is 1.78 bits per heavy atom. The van der Waals surface area contributed by atoms with Crippen LogP contribution in [0.5, 0.6) is 0 Å². The first-order valence-corrected chi connectivity index (χ1v) is 6.80. The quantitative estimate of drug-likeness (QED) is 0.627. The summed E-state index contributed by atoms with van der Waals surface area (Å²) >= 11 is 0. The molecule has 96 valence electrons. The van der Waals surface area contributed by atoms with Crippen LogP contribution in [0, 0.1) is 11.7 Å². The van der Waals surface area contributed by atoms with Crippen molar-refractivity contribution in [3.05, 3.63) is 53.9 Å². The Hall–Kier alpha value is -1.37. The van der Waals surface area contributed by atoms with Gasteiger partial charge in [-0.05, 0) is 49.0 Å². The van der Waals surface area contributed by atoms with Gasteiger partial charge in [0.2, 0.25) is 0 Å². The van der Waals surface area contributed by atoms with Crippen LogP contribution in [0.2, 0.25) is 0 Å². The van der Waals surface area contributed by atoms with Gasteiger partial charge in [0.05, 0.1) is 0 Å². The van der Waals surface area contributed by atoms with Crippen LogP contribution in [0.25, 0.3) is 5.57 Å². The summed E-state index contributed by atoms with van der Waals surface area (Å²) in [5.41, 5.74) is 3.41. The van der Waals surface area contributed by atoms with E-state index in [9.17, 15) is 4.39 Å². The number of benzene rings is 1. The Bertz CT molecular complexity index is 433. The van der Waals surface area contributed by atoms with Crippen LogP contribution in [0.4, 0.5) is 4.39 Å². The minimum atomic E-state index is -0.195. The van der Waals surface area contributed by atoms with Gasteiger partial charge in [0.15, 0.2) is 0 Å². The summed E-state index contributed by atoms with van der Waals surface area (Å²) in [5, 5.41) is 0. The molecule has 0 radical (unpaired) electrons. The lowest BCUT2D eigenvalue weighted by atomic mass is 9.83. The summed E-state index contributed by atoms with van der Waals surface area (Å²) in [4.78, 5) is 0. The smallest absolute Gasteiger partial charge is 0.123 e. The highest BCUT2D eigenvalue weighted by Crippen LogP contribution is 2.30. The second-order valence-electron chi connectivity index (χ2n) is 5.26. The second-order valence-corrected chi connectivity index (χ2v) is 5.26. The van der Waals surface area contributed by atoms with E-state index in [4.69, 9.17) is 0 Å².